The minimum absolute atomic E-state index is 0.372. The number of hydrogen-bond donors (Lipinski definition) is 0. The summed E-state index contributed by atoms with van der Waals surface area (Å²) in [6.07, 6.45) is 15.3. The average Bonchev–Trinajstić information content (AvgIpc) is 2.57. The van der Waals surface area contributed by atoms with Gasteiger partial charge >= 0.3 is 0 Å². The molecule has 0 spiro atoms. The maximum atomic E-state index is 5.70. The predicted octanol–water partition coefficient (Wildman–Crippen LogP) is 6.08. The Morgan fingerprint density at radius 2 is 1.57 bits per heavy atom. The fraction of sp³-hybridized carbons (Fsp3) is 0.900. The van der Waals surface area contributed by atoms with Crippen LogP contribution in [-0.2, 0) is 14.2 Å². The molecule has 1 atom stereocenters. The number of ether oxygens (including phenoxy) is 3. The van der Waals surface area contributed by atoms with Gasteiger partial charge in [-0.25, -0.2) is 0 Å². The van der Waals surface area contributed by atoms with Crippen LogP contribution in [0.2, 0.25) is 0 Å². The Labute approximate surface area is 144 Å². The Morgan fingerprint density at radius 1 is 0.913 bits per heavy atom. The zero-order valence-corrected chi connectivity index (χ0v) is 16.2. The SMILES string of the molecule is CCC=COCCCC(C)CCCC(CCCCC)(OC)OC. The third kappa shape index (κ3) is 11.6. The van der Waals surface area contributed by atoms with Crippen LogP contribution in [0.5, 0.6) is 0 Å². The highest BCUT2D eigenvalue weighted by atomic mass is 16.7. The molecule has 0 aromatic carbocycles. The average molecular weight is 329 g/mol. The fourth-order valence-corrected chi connectivity index (χ4v) is 2.87. The monoisotopic (exact) mass is 328 g/mol. The highest BCUT2D eigenvalue weighted by molar-refractivity contribution is 4.71. The normalized spacial score (nSPS) is 13.6. The molecule has 23 heavy (non-hydrogen) atoms. The Morgan fingerprint density at radius 3 is 2.17 bits per heavy atom. The molecule has 0 saturated heterocycles. The molecule has 3 heteroatoms. The Balaban J connectivity index is 3.87. The van der Waals surface area contributed by atoms with Gasteiger partial charge in [0, 0.05) is 27.1 Å². The van der Waals surface area contributed by atoms with Crippen molar-refractivity contribution in [3.05, 3.63) is 12.3 Å². The molecular formula is C20H40O3. The summed E-state index contributed by atoms with van der Waals surface area (Å²) < 4.78 is 16.9. The lowest BCUT2D eigenvalue weighted by atomic mass is 9.95. The molecule has 0 aliphatic rings. The van der Waals surface area contributed by atoms with Gasteiger partial charge < -0.3 is 14.2 Å². The van der Waals surface area contributed by atoms with Gasteiger partial charge in [0.05, 0.1) is 12.9 Å². The molecular weight excluding hydrogens is 288 g/mol. The molecule has 0 saturated carbocycles. The standard InChI is InChI=1S/C20H40O3/c1-6-8-10-15-20(21-4,22-5)16-11-13-19(3)14-12-18-23-17-9-7-2/h9,17,19H,6-8,10-16,18H2,1-5H3. The van der Waals surface area contributed by atoms with Crippen molar-refractivity contribution < 1.29 is 14.2 Å². The lowest BCUT2D eigenvalue weighted by Crippen LogP contribution is -2.33. The van der Waals surface area contributed by atoms with Crippen LogP contribution in [0.3, 0.4) is 0 Å². The molecule has 0 radical (unpaired) electrons. The summed E-state index contributed by atoms with van der Waals surface area (Å²) in [5, 5.41) is 0. The lowest BCUT2D eigenvalue weighted by molar-refractivity contribution is -0.216. The second kappa shape index (κ2) is 15.0. The van der Waals surface area contributed by atoms with Crippen molar-refractivity contribution >= 4 is 0 Å². The Bertz CT molecular complexity index is 272. The maximum Gasteiger partial charge on any atom is 0.167 e. The van der Waals surface area contributed by atoms with E-state index in [4.69, 9.17) is 14.2 Å². The molecule has 138 valence electrons. The zero-order chi connectivity index (χ0) is 17.4. The summed E-state index contributed by atoms with van der Waals surface area (Å²) in [4.78, 5) is 0. The Hall–Kier alpha value is -0.540. The van der Waals surface area contributed by atoms with Crippen molar-refractivity contribution in [2.24, 2.45) is 5.92 Å². The van der Waals surface area contributed by atoms with Gasteiger partial charge in [-0.05, 0) is 38.0 Å². The van der Waals surface area contributed by atoms with Gasteiger partial charge in [-0.1, -0.05) is 46.1 Å². The zero-order valence-electron chi connectivity index (χ0n) is 16.2. The van der Waals surface area contributed by atoms with E-state index in [1.54, 1.807) is 14.2 Å². The van der Waals surface area contributed by atoms with E-state index in [9.17, 15) is 0 Å². The van der Waals surface area contributed by atoms with Gasteiger partial charge in [0.1, 0.15) is 0 Å². The second-order valence-corrected chi connectivity index (χ2v) is 6.57. The summed E-state index contributed by atoms with van der Waals surface area (Å²) >= 11 is 0. The molecule has 0 rings (SSSR count). The summed E-state index contributed by atoms with van der Waals surface area (Å²) in [5.74, 6) is 0.360. The Kier molecular flexibility index (Phi) is 14.7. The van der Waals surface area contributed by atoms with Crippen molar-refractivity contribution in [1.82, 2.24) is 0 Å². The number of unbranched alkanes of at least 4 members (excludes halogenated alkanes) is 2. The summed E-state index contributed by atoms with van der Waals surface area (Å²) in [7, 11) is 3.56. The molecule has 3 nitrogen and oxygen atoms in total. The molecule has 0 fully saturated rings. The highest BCUT2D eigenvalue weighted by Crippen LogP contribution is 2.28. The van der Waals surface area contributed by atoms with Gasteiger partial charge in [-0.15, -0.1) is 0 Å². The van der Waals surface area contributed by atoms with Crippen LogP contribution in [0.15, 0.2) is 12.3 Å². The lowest BCUT2D eigenvalue weighted by Gasteiger charge is -2.31. The smallest absolute Gasteiger partial charge is 0.167 e. The van der Waals surface area contributed by atoms with E-state index >= 15 is 0 Å². The third-order valence-corrected chi connectivity index (χ3v) is 4.55. The molecule has 0 heterocycles. The molecule has 0 amide bonds. The molecule has 0 aromatic heterocycles. The van der Waals surface area contributed by atoms with Gasteiger partial charge in [-0.2, -0.15) is 0 Å². The van der Waals surface area contributed by atoms with Crippen LogP contribution >= 0.6 is 0 Å². The topological polar surface area (TPSA) is 27.7 Å². The molecule has 1 unspecified atom stereocenters. The summed E-state index contributed by atoms with van der Waals surface area (Å²) in [5.41, 5.74) is 0. The van der Waals surface area contributed by atoms with Gasteiger partial charge in [0.15, 0.2) is 5.79 Å². The second-order valence-electron chi connectivity index (χ2n) is 6.57. The van der Waals surface area contributed by atoms with Gasteiger partial charge in [0.2, 0.25) is 0 Å². The molecule has 0 aromatic rings. The van der Waals surface area contributed by atoms with Crippen molar-refractivity contribution in [3.63, 3.8) is 0 Å². The van der Waals surface area contributed by atoms with Crippen LogP contribution in [0.25, 0.3) is 0 Å². The minimum Gasteiger partial charge on any atom is -0.502 e. The van der Waals surface area contributed by atoms with E-state index in [-0.39, 0.29) is 5.79 Å². The van der Waals surface area contributed by atoms with Crippen LogP contribution < -0.4 is 0 Å². The first-order valence-corrected chi connectivity index (χ1v) is 9.51. The van der Waals surface area contributed by atoms with Crippen molar-refractivity contribution in [2.75, 3.05) is 20.8 Å². The van der Waals surface area contributed by atoms with Crippen LogP contribution in [-0.4, -0.2) is 26.6 Å². The van der Waals surface area contributed by atoms with E-state index in [0.717, 1.165) is 44.6 Å². The van der Waals surface area contributed by atoms with Crippen LogP contribution in [0.4, 0.5) is 0 Å². The van der Waals surface area contributed by atoms with Gasteiger partial charge in [0.25, 0.3) is 0 Å². The third-order valence-electron chi connectivity index (χ3n) is 4.55. The number of allylic oxidation sites excluding steroid dienone is 1. The fourth-order valence-electron chi connectivity index (χ4n) is 2.87. The van der Waals surface area contributed by atoms with Crippen LogP contribution in [0.1, 0.15) is 85.0 Å². The summed E-state index contributed by atoms with van der Waals surface area (Å²) in [6, 6.07) is 0. The maximum absolute atomic E-state index is 5.70. The molecule has 0 aliphatic heterocycles. The first kappa shape index (κ1) is 22.5. The van der Waals surface area contributed by atoms with E-state index in [1.807, 2.05) is 6.26 Å². The van der Waals surface area contributed by atoms with Crippen molar-refractivity contribution in [1.29, 1.82) is 0 Å². The van der Waals surface area contributed by atoms with E-state index < -0.39 is 0 Å². The molecule has 0 bridgehead atoms. The van der Waals surface area contributed by atoms with Gasteiger partial charge in [-0.3, -0.25) is 0 Å². The highest BCUT2D eigenvalue weighted by Gasteiger charge is 2.28. The molecule has 0 N–H and O–H groups in total. The van der Waals surface area contributed by atoms with E-state index in [1.165, 1.54) is 32.1 Å². The quantitative estimate of drug-likeness (QED) is 0.195. The van der Waals surface area contributed by atoms with Crippen LogP contribution in [0, 0.1) is 5.92 Å². The first-order valence-electron chi connectivity index (χ1n) is 9.51. The largest absolute Gasteiger partial charge is 0.502 e. The molecule has 0 aliphatic carbocycles. The number of methoxy groups -OCH3 is 2. The first-order chi connectivity index (χ1) is 11.1. The predicted molar refractivity (Wildman–Crippen MR) is 98.5 cm³/mol. The van der Waals surface area contributed by atoms with E-state index in [2.05, 4.69) is 26.8 Å². The van der Waals surface area contributed by atoms with E-state index in [0.29, 0.717) is 0 Å². The number of rotatable bonds is 16. The summed E-state index contributed by atoms with van der Waals surface area (Å²) in [6.45, 7) is 7.51. The minimum atomic E-state index is -0.372. The number of hydrogen-bond acceptors (Lipinski definition) is 3. The van der Waals surface area contributed by atoms with Crippen molar-refractivity contribution in [3.8, 4) is 0 Å². The van der Waals surface area contributed by atoms with Crippen molar-refractivity contribution in [2.45, 2.75) is 90.8 Å².